The Labute approximate surface area is 127 Å². The van der Waals surface area contributed by atoms with Gasteiger partial charge < -0.3 is 9.64 Å². The number of carbonyl (C=O) groups is 1. The SMILES string of the molecule is Cc1cccc2c(Cl)ncc(C(=O)N3CC4CC(C3)O4)c12. The second kappa shape index (κ2) is 4.68. The lowest BCUT2D eigenvalue weighted by Crippen LogP contribution is -2.58. The molecule has 2 bridgehead atoms. The highest BCUT2D eigenvalue weighted by Gasteiger charge is 2.40. The summed E-state index contributed by atoms with van der Waals surface area (Å²) in [5.74, 6) is 0.0245. The fraction of sp³-hybridized carbons (Fsp3) is 0.375. The van der Waals surface area contributed by atoms with Crippen molar-refractivity contribution in [1.29, 1.82) is 0 Å². The van der Waals surface area contributed by atoms with Gasteiger partial charge in [-0.25, -0.2) is 4.98 Å². The lowest BCUT2D eigenvalue weighted by Gasteiger charge is -2.47. The number of aromatic nitrogens is 1. The zero-order chi connectivity index (χ0) is 14.6. The number of halogens is 1. The molecule has 0 radical (unpaired) electrons. The summed E-state index contributed by atoms with van der Waals surface area (Å²) in [7, 11) is 0. The molecule has 2 atom stereocenters. The Hall–Kier alpha value is -1.65. The summed E-state index contributed by atoms with van der Waals surface area (Å²) in [5.41, 5.74) is 1.67. The van der Waals surface area contributed by atoms with E-state index in [2.05, 4.69) is 4.98 Å². The van der Waals surface area contributed by atoms with E-state index >= 15 is 0 Å². The molecule has 1 aromatic carbocycles. The molecule has 0 N–H and O–H groups in total. The number of carbonyl (C=O) groups excluding carboxylic acids is 1. The Balaban J connectivity index is 1.79. The van der Waals surface area contributed by atoms with Gasteiger partial charge in [0.1, 0.15) is 5.15 Å². The first-order valence-corrected chi connectivity index (χ1v) is 7.50. The summed E-state index contributed by atoms with van der Waals surface area (Å²) >= 11 is 6.17. The topological polar surface area (TPSA) is 42.4 Å². The van der Waals surface area contributed by atoms with Crippen LogP contribution in [-0.2, 0) is 4.74 Å². The third kappa shape index (κ3) is 2.01. The number of pyridine rings is 1. The van der Waals surface area contributed by atoms with Gasteiger partial charge in [0, 0.05) is 36.5 Å². The number of nitrogens with zero attached hydrogens (tertiary/aromatic N) is 2. The maximum absolute atomic E-state index is 12.8. The lowest BCUT2D eigenvalue weighted by atomic mass is 9.96. The summed E-state index contributed by atoms with van der Waals surface area (Å²) in [6.45, 7) is 3.34. The molecule has 5 heteroatoms. The van der Waals surface area contributed by atoms with Crippen LogP contribution in [-0.4, -0.2) is 41.1 Å². The van der Waals surface area contributed by atoms with Gasteiger partial charge >= 0.3 is 0 Å². The highest BCUT2D eigenvalue weighted by molar-refractivity contribution is 6.35. The number of ether oxygens (including phenoxy) is 1. The third-order valence-corrected chi connectivity index (χ3v) is 4.65. The van der Waals surface area contributed by atoms with E-state index < -0.39 is 0 Å². The zero-order valence-corrected chi connectivity index (χ0v) is 12.4. The van der Waals surface area contributed by atoms with Crippen LogP contribution in [0.5, 0.6) is 0 Å². The van der Waals surface area contributed by atoms with Gasteiger partial charge in [-0.1, -0.05) is 29.8 Å². The maximum Gasteiger partial charge on any atom is 0.256 e. The van der Waals surface area contributed by atoms with Gasteiger partial charge in [0.05, 0.1) is 17.8 Å². The highest BCUT2D eigenvalue weighted by atomic mass is 35.5. The average Bonchev–Trinajstić information content (AvgIpc) is 2.47. The normalized spacial score (nSPS) is 24.0. The quantitative estimate of drug-likeness (QED) is 0.761. The van der Waals surface area contributed by atoms with Crippen molar-refractivity contribution in [3.05, 3.63) is 40.7 Å². The van der Waals surface area contributed by atoms with Gasteiger partial charge in [-0.05, 0) is 12.5 Å². The largest absolute Gasteiger partial charge is 0.371 e. The van der Waals surface area contributed by atoms with Gasteiger partial charge in [0.2, 0.25) is 0 Å². The standard InChI is InChI=1S/C16H15ClN2O2/c1-9-3-2-4-12-14(9)13(6-18-15(12)17)16(20)19-7-10-5-11(8-19)21-10/h2-4,6,10-11H,5,7-8H2,1H3. The predicted octanol–water partition coefficient (Wildman–Crippen LogP) is 2.81. The van der Waals surface area contributed by atoms with Crippen molar-refractivity contribution in [2.75, 3.05) is 13.1 Å². The summed E-state index contributed by atoms with van der Waals surface area (Å²) in [6.07, 6.45) is 3.09. The molecule has 3 fully saturated rings. The van der Waals surface area contributed by atoms with E-state index in [4.69, 9.17) is 16.3 Å². The Morgan fingerprint density at radius 2 is 2.10 bits per heavy atom. The van der Waals surface area contributed by atoms with Crippen molar-refractivity contribution in [3.63, 3.8) is 0 Å². The number of morpholine rings is 1. The number of piperidine rings is 1. The Bertz CT molecular complexity index is 730. The van der Waals surface area contributed by atoms with Crippen molar-refractivity contribution >= 4 is 28.3 Å². The first-order chi connectivity index (χ1) is 10.1. The minimum atomic E-state index is 0.0245. The number of amides is 1. The van der Waals surface area contributed by atoms with Crippen molar-refractivity contribution in [3.8, 4) is 0 Å². The van der Waals surface area contributed by atoms with Gasteiger partial charge in [-0.15, -0.1) is 0 Å². The van der Waals surface area contributed by atoms with Gasteiger partial charge in [-0.2, -0.15) is 0 Å². The van der Waals surface area contributed by atoms with Crippen LogP contribution in [0.25, 0.3) is 10.8 Å². The zero-order valence-electron chi connectivity index (χ0n) is 11.7. The monoisotopic (exact) mass is 302 g/mol. The van der Waals surface area contributed by atoms with Gasteiger partial charge in [0.25, 0.3) is 5.91 Å². The summed E-state index contributed by atoms with van der Waals surface area (Å²) in [6, 6.07) is 5.83. The van der Waals surface area contributed by atoms with E-state index in [9.17, 15) is 4.79 Å². The lowest BCUT2D eigenvalue weighted by molar-refractivity contribution is -0.171. The molecule has 5 rings (SSSR count). The molecule has 2 aromatic rings. The molecule has 108 valence electrons. The molecule has 4 heterocycles. The van der Waals surface area contributed by atoms with Gasteiger partial charge in [-0.3, -0.25) is 4.79 Å². The number of benzene rings is 1. The Morgan fingerprint density at radius 3 is 2.81 bits per heavy atom. The first kappa shape index (κ1) is 13.0. The van der Waals surface area contributed by atoms with E-state index in [0.29, 0.717) is 23.8 Å². The average molecular weight is 303 g/mol. The molecular weight excluding hydrogens is 288 g/mol. The Morgan fingerprint density at radius 1 is 1.38 bits per heavy atom. The molecule has 0 saturated carbocycles. The van der Waals surface area contributed by atoms with Crippen molar-refractivity contribution < 1.29 is 9.53 Å². The van der Waals surface area contributed by atoms with Crippen LogP contribution in [0.4, 0.5) is 0 Å². The highest BCUT2D eigenvalue weighted by Crippen LogP contribution is 2.32. The van der Waals surface area contributed by atoms with Crippen LogP contribution in [0.1, 0.15) is 22.3 Å². The molecule has 4 nitrogen and oxygen atoms in total. The summed E-state index contributed by atoms with van der Waals surface area (Å²) in [5, 5.41) is 2.18. The van der Waals surface area contributed by atoms with Crippen LogP contribution in [0.2, 0.25) is 5.15 Å². The number of fused-ring (bicyclic) bond motifs is 3. The molecule has 0 spiro atoms. The molecule has 3 aliphatic heterocycles. The maximum atomic E-state index is 12.8. The molecular formula is C16H15ClN2O2. The van der Waals surface area contributed by atoms with E-state index in [-0.39, 0.29) is 18.1 Å². The minimum Gasteiger partial charge on any atom is -0.371 e. The molecule has 3 saturated heterocycles. The Kier molecular flexibility index (Phi) is 2.91. The van der Waals surface area contributed by atoms with E-state index in [1.54, 1.807) is 6.20 Å². The van der Waals surface area contributed by atoms with Crippen LogP contribution >= 0.6 is 11.6 Å². The van der Waals surface area contributed by atoms with E-state index in [1.807, 2.05) is 30.0 Å². The van der Waals surface area contributed by atoms with Crippen molar-refractivity contribution in [2.24, 2.45) is 0 Å². The molecule has 0 aliphatic carbocycles. The number of aryl methyl sites for hydroxylation is 1. The van der Waals surface area contributed by atoms with Crippen LogP contribution in [0.15, 0.2) is 24.4 Å². The fourth-order valence-electron chi connectivity index (χ4n) is 3.31. The summed E-state index contributed by atoms with van der Waals surface area (Å²) in [4.78, 5) is 18.9. The minimum absolute atomic E-state index is 0.0245. The molecule has 21 heavy (non-hydrogen) atoms. The number of hydrogen-bond acceptors (Lipinski definition) is 3. The third-order valence-electron chi connectivity index (χ3n) is 4.35. The van der Waals surface area contributed by atoms with Crippen LogP contribution in [0, 0.1) is 6.92 Å². The fourth-order valence-corrected chi connectivity index (χ4v) is 3.51. The van der Waals surface area contributed by atoms with Gasteiger partial charge in [0.15, 0.2) is 0 Å². The van der Waals surface area contributed by atoms with Crippen LogP contribution < -0.4 is 0 Å². The van der Waals surface area contributed by atoms with Crippen molar-refractivity contribution in [2.45, 2.75) is 25.6 Å². The second-order valence-corrected chi connectivity index (χ2v) is 6.14. The van der Waals surface area contributed by atoms with Crippen LogP contribution in [0.3, 0.4) is 0 Å². The second-order valence-electron chi connectivity index (χ2n) is 5.79. The number of hydrogen-bond donors (Lipinski definition) is 0. The molecule has 1 aromatic heterocycles. The molecule has 1 amide bonds. The van der Waals surface area contributed by atoms with Crippen molar-refractivity contribution in [1.82, 2.24) is 9.88 Å². The summed E-state index contributed by atoms with van der Waals surface area (Å²) < 4.78 is 5.59. The number of rotatable bonds is 1. The molecule has 2 unspecified atom stereocenters. The molecule has 3 aliphatic rings. The predicted molar refractivity (Wildman–Crippen MR) is 80.7 cm³/mol. The van der Waals surface area contributed by atoms with E-state index in [0.717, 1.165) is 22.8 Å². The van der Waals surface area contributed by atoms with E-state index in [1.165, 1.54) is 0 Å². The smallest absolute Gasteiger partial charge is 0.256 e. The first-order valence-electron chi connectivity index (χ1n) is 7.12.